The van der Waals surface area contributed by atoms with Crippen LogP contribution in [-0.2, 0) is 18.7 Å². The first-order valence-electron chi connectivity index (χ1n) is 5.36. The zero-order chi connectivity index (χ0) is 10.7. The summed E-state index contributed by atoms with van der Waals surface area (Å²) in [5.41, 5.74) is 7.12. The first kappa shape index (κ1) is 11.5. The van der Waals surface area contributed by atoms with Gasteiger partial charge in [-0.1, -0.05) is 0 Å². The van der Waals surface area contributed by atoms with Crippen molar-refractivity contribution in [1.82, 2.24) is 4.90 Å². The van der Waals surface area contributed by atoms with Crippen LogP contribution in [-0.4, -0.2) is 30.8 Å². The first-order chi connectivity index (χ1) is 7.29. The van der Waals surface area contributed by atoms with Crippen molar-refractivity contribution in [2.24, 2.45) is 5.73 Å². The Kier molecular flexibility index (Phi) is 4.08. The highest BCUT2D eigenvalue weighted by molar-refractivity contribution is 7.98. The number of thiophene rings is 1. The van der Waals surface area contributed by atoms with E-state index in [0.29, 0.717) is 0 Å². The third-order valence-electron chi connectivity index (χ3n) is 2.62. The second-order valence-corrected chi connectivity index (χ2v) is 6.32. The highest BCUT2D eigenvalue weighted by atomic mass is 32.2. The summed E-state index contributed by atoms with van der Waals surface area (Å²) in [5, 5.41) is 0. The van der Waals surface area contributed by atoms with Gasteiger partial charge in [0.05, 0.1) is 0 Å². The smallest absolute Gasteiger partial charge is 0.0325 e. The number of aryl methyl sites for hydroxylation is 1. The van der Waals surface area contributed by atoms with E-state index in [-0.39, 0.29) is 0 Å². The van der Waals surface area contributed by atoms with E-state index in [2.05, 4.69) is 29.8 Å². The molecular formula is C11H18N2S2. The molecule has 2 N–H and O–H groups in total. The molecule has 0 atom stereocenters. The van der Waals surface area contributed by atoms with Crippen molar-refractivity contribution in [2.75, 3.05) is 25.9 Å². The predicted molar refractivity (Wildman–Crippen MR) is 69.6 cm³/mol. The lowest BCUT2D eigenvalue weighted by Crippen LogP contribution is -2.24. The minimum absolute atomic E-state index is 0.747. The summed E-state index contributed by atoms with van der Waals surface area (Å²) in [7, 11) is 2.14. The number of hydrogen-bond acceptors (Lipinski definition) is 4. The van der Waals surface area contributed by atoms with Gasteiger partial charge in [-0.3, -0.25) is 0 Å². The van der Waals surface area contributed by atoms with Crippen LogP contribution in [0.2, 0.25) is 0 Å². The van der Waals surface area contributed by atoms with Gasteiger partial charge in [0, 0.05) is 35.1 Å². The second-order valence-electron chi connectivity index (χ2n) is 3.99. The molecule has 1 aliphatic rings. The molecule has 0 amide bonds. The van der Waals surface area contributed by atoms with Gasteiger partial charge < -0.3 is 10.6 Å². The molecule has 0 fully saturated rings. The van der Waals surface area contributed by atoms with Crippen LogP contribution in [0.1, 0.15) is 15.3 Å². The number of thioether (sulfide) groups is 1. The van der Waals surface area contributed by atoms with Crippen LogP contribution in [0.3, 0.4) is 0 Å². The number of nitrogens with zero attached hydrogens (tertiary/aromatic N) is 1. The van der Waals surface area contributed by atoms with Crippen LogP contribution in [0.25, 0.3) is 0 Å². The van der Waals surface area contributed by atoms with E-state index < -0.39 is 0 Å². The molecule has 0 radical (unpaired) electrons. The molecular weight excluding hydrogens is 224 g/mol. The van der Waals surface area contributed by atoms with E-state index >= 15 is 0 Å². The van der Waals surface area contributed by atoms with E-state index in [9.17, 15) is 0 Å². The molecule has 15 heavy (non-hydrogen) atoms. The predicted octanol–water partition coefficient (Wildman–Crippen LogP) is 1.93. The Balaban J connectivity index is 2.00. The van der Waals surface area contributed by atoms with Crippen molar-refractivity contribution in [3.05, 3.63) is 21.4 Å². The Bertz CT molecular complexity index is 299. The Hall–Kier alpha value is -0.0300. The maximum absolute atomic E-state index is 5.54. The van der Waals surface area contributed by atoms with E-state index in [4.69, 9.17) is 5.73 Å². The molecule has 0 bridgehead atoms. The molecule has 0 aliphatic carbocycles. The van der Waals surface area contributed by atoms with Gasteiger partial charge in [-0.25, -0.2) is 0 Å². The molecule has 2 nitrogen and oxygen atoms in total. The zero-order valence-electron chi connectivity index (χ0n) is 9.16. The van der Waals surface area contributed by atoms with Gasteiger partial charge in [-0.05, 0) is 30.9 Å². The van der Waals surface area contributed by atoms with Gasteiger partial charge in [-0.2, -0.15) is 11.8 Å². The topological polar surface area (TPSA) is 29.3 Å². The van der Waals surface area contributed by atoms with Crippen LogP contribution < -0.4 is 5.73 Å². The number of rotatable bonds is 4. The quantitative estimate of drug-likeness (QED) is 0.875. The number of nitrogens with two attached hydrogens (primary N) is 1. The average molecular weight is 242 g/mol. The van der Waals surface area contributed by atoms with Crippen molar-refractivity contribution < 1.29 is 0 Å². The molecule has 0 aromatic carbocycles. The lowest BCUT2D eigenvalue weighted by atomic mass is 10.2. The highest BCUT2D eigenvalue weighted by Gasteiger charge is 2.13. The maximum atomic E-state index is 5.54. The standard InChI is InChI=1S/C11H18N2S2/c1-13(4-3-12)7-10-6-9-8-14-5-2-11(9)15-10/h6H,2-5,7-8,12H2,1H3. The third-order valence-corrected chi connectivity index (χ3v) is 4.85. The third kappa shape index (κ3) is 2.97. The monoisotopic (exact) mass is 242 g/mol. The summed E-state index contributed by atoms with van der Waals surface area (Å²) in [6.07, 6.45) is 1.27. The zero-order valence-corrected chi connectivity index (χ0v) is 10.8. The first-order valence-corrected chi connectivity index (χ1v) is 7.33. The summed E-state index contributed by atoms with van der Waals surface area (Å²) in [6, 6.07) is 2.39. The van der Waals surface area contributed by atoms with Gasteiger partial charge in [0.1, 0.15) is 0 Å². The number of fused-ring (bicyclic) bond motifs is 1. The van der Waals surface area contributed by atoms with Crippen LogP contribution in [0.4, 0.5) is 0 Å². The maximum Gasteiger partial charge on any atom is 0.0325 e. The van der Waals surface area contributed by atoms with Gasteiger partial charge in [-0.15, -0.1) is 11.3 Å². The van der Waals surface area contributed by atoms with E-state index in [1.54, 1.807) is 10.4 Å². The van der Waals surface area contributed by atoms with Crippen molar-refractivity contribution in [1.29, 1.82) is 0 Å². The summed E-state index contributed by atoms with van der Waals surface area (Å²) in [4.78, 5) is 5.41. The summed E-state index contributed by atoms with van der Waals surface area (Å²) < 4.78 is 0. The molecule has 1 aliphatic heterocycles. The minimum Gasteiger partial charge on any atom is -0.329 e. The van der Waals surface area contributed by atoms with Crippen LogP contribution in [0.5, 0.6) is 0 Å². The Morgan fingerprint density at radius 3 is 3.13 bits per heavy atom. The van der Waals surface area contributed by atoms with E-state index in [0.717, 1.165) is 19.6 Å². The summed E-state index contributed by atoms with van der Waals surface area (Å²) >= 11 is 4.05. The molecule has 1 aromatic rings. The van der Waals surface area contributed by atoms with Gasteiger partial charge in [0.25, 0.3) is 0 Å². The Labute approximate surface area is 99.8 Å². The summed E-state index contributed by atoms with van der Waals surface area (Å²) in [5.74, 6) is 2.51. The second kappa shape index (κ2) is 5.34. The minimum atomic E-state index is 0.747. The van der Waals surface area contributed by atoms with Gasteiger partial charge in [0.15, 0.2) is 0 Å². The van der Waals surface area contributed by atoms with E-state index in [1.807, 2.05) is 11.3 Å². The van der Waals surface area contributed by atoms with Crippen LogP contribution >= 0.6 is 23.1 Å². The molecule has 4 heteroatoms. The van der Waals surface area contributed by atoms with Gasteiger partial charge >= 0.3 is 0 Å². The molecule has 2 rings (SSSR count). The lowest BCUT2D eigenvalue weighted by molar-refractivity contribution is 0.339. The van der Waals surface area contributed by atoms with Crippen molar-refractivity contribution in [2.45, 2.75) is 18.7 Å². The molecule has 84 valence electrons. The number of likely N-dealkylation sites (N-methyl/N-ethyl adjacent to an activating group) is 1. The van der Waals surface area contributed by atoms with Crippen molar-refractivity contribution >= 4 is 23.1 Å². The molecule has 0 unspecified atom stereocenters. The highest BCUT2D eigenvalue weighted by Crippen LogP contribution is 2.32. The fourth-order valence-electron chi connectivity index (χ4n) is 1.85. The largest absolute Gasteiger partial charge is 0.329 e. The van der Waals surface area contributed by atoms with Crippen molar-refractivity contribution in [3.8, 4) is 0 Å². The number of hydrogen-bond donors (Lipinski definition) is 1. The van der Waals surface area contributed by atoms with Crippen LogP contribution in [0.15, 0.2) is 6.07 Å². The Morgan fingerprint density at radius 2 is 2.40 bits per heavy atom. The van der Waals surface area contributed by atoms with Gasteiger partial charge in [0.2, 0.25) is 0 Å². The molecule has 0 saturated carbocycles. The summed E-state index contributed by atoms with van der Waals surface area (Å²) in [6.45, 7) is 2.79. The molecule has 1 aromatic heterocycles. The van der Waals surface area contributed by atoms with Crippen LogP contribution in [0, 0.1) is 0 Å². The fraction of sp³-hybridized carbons (Fsp3) is 0.636. The Morgan fingerprint density at radius 1 is 1.53 bits per heavy atom. The molecule has 0 saturated heterocycles. The van der Waals surface area contributed by atoms with Crippen molar-refractivity contribution in [3.63, 3.8) is 0 Å². The normalized spacial score (nSPS) is 15.7. The lowest BCUT2D eigenvalue weighted by Gasteiger charge is -2.13. The SMILES string of the molecule is CN(CCN)Cc1cc2c(s1)CCSC2. The fourth-order valence-corrected chi connectivity index (χ4v) is 4.31. The molecule has 0 spiro atoms. The molecule has 2 heterocycles. The average Bonchev–Trinajstić information content (AvgIpc) is 2.59. The van der Waals surface area contributed by atoms with E-state index in [1.165, 1.54) is 22.8 Å².